The summed E-state index contributed by atoms with van der Waals surface area (Å²) in [6.07, 6.45) is 0. The fraction of sp³-hybridized carbons (Fsp3) is 0. The van der Waals surface area contributed by atoms with Crippen LogP contribution >= 0.6 is 11.3 Å². The highest BCUT2D eigenvalue weighted by Crippen LogP contribution is 2.43. The molecule has 2 nitrogen and oxygen atoms in total. The highest BCUT2D eigenvalue weighted by Gasteiger charge is 2.24. The van der Waals surface area contributed by atoms with Crippen LogP contribution in [0.2, 0.25) is 0 Å². The van der Waals surface area contributed by atoms with E-state index in [0.717, 1.165) is 69.6 Å². The van der Waals surface area contributed by atoms with E-state index >= 15 is 0 Å². The average Bonchev–Trinajstić information content (AvgIpc) is 3.97. The molecule has 0 N–H and O–H groups in total. The second-order valence-electron chi connectivity index (χ2n) is 16.1. The van der Waals surface area contributed by atoms with Gasteiger partial charge in [0.25, 0.3) is 0 Å². The van der Waals surface area contributed by atoms with Crippen LogP contribution in [-0.4, -0.2) is 111 Å². The highest BCUT2D eigenvalue weighted by molar-refractivity contribution is 7.26. The molecule has 3 aromatic heterocycles. The van der Waals surface area contributed by atoms with Gasteiger partial charge in [-0.2, -0.15) is 0 Å². The van der Waals surface area contributed by atoms with E-state index < -0.39 is 0 Å². The largest absolute Gasteiger partial charge is 0.310 e. The summed E-state index contributed by atoms with van der Waals surface area (Å²) < 4.78 is 6.54. The monoisotopic (exact) mass is 796 g/mol. The molecular formula is C48H17B13N2S. The Balaban J connectivity index is 1.15. The summed E-state index contributed by atoms with van der Waals surface area (Å²) in [4.78, 5) is 0. The molecule has 264 valence electrons. The molecule has 0 fully saturated rings. The summed E-state index contributed by atoms with van der Waals surface area (Å²) in [5.74, 6) is 0. The second-order valence-corrected chi connectivity index (χ2v) is 17.2. The maximum Gasteiger partial charge on any atom is 0.115 e. The van der Waals surface area contributed by atoms with Crippen molar-refractivity contribution in [3.8, 4) is 33.6 Å². The number of rotatable bonds is 4. The Hall–Kier alpha value is -5.58. The first kappa shape index (κ1) is 41.1. The van der Waals surface area contributed by atoms with Gasteiger partial charge in [-0.1, -0.05) is 86.8 Å². The number of hydrogen-bond acceptors (Lipinski definition) is 1. The van der Waals surface area contributed by atoms with E-state index in [2.05, 4.69) is 69.8 Å². The van der Waals surface area contributed by atoms with Crippen LogP contribution in [0.15, 0.2) is 103 Å². The van der Waals surface area contributed by atoms with Crippen molar-refractivity contribution in [1.82, 2.24) is 9.13 Å². The summed E-state index contributed by atoms with van der Waals surface area (Å²) in [5.41, 5.74) is 9.27. The maximum absolute atomic E-state index is 7.03. The molecule has 0 spiro atoms. The Bertz CT molecular complexity index is 3870. The van der Waals surface area contributed by atoms with E-state index in [1.54, 1.807) is 11.3 Å². The van der Waals surface area contributed by atoms with Crippen LogP contribution in [0.5, 0.6) is 0 Å². The molecule has 0 aliphatic rings. The van der Waals surface area contributed by atoms with Gasteiger partial charge in [-0.15, -0.1) is 44.1 Å². The zero-order valence-electron chi connectivity index (χ0n) is 34.1. The Morgan fingerprint density at radius 2 is 0.875 bits per heavy atom. The Morgan fingerprint density at radius 1 is 0.328 bits per heavy atom. The smallest absolute Gasteiger partial charge is 0.115 e. The molecule has 16 heteroatoms. The molecule has 64 heavy (non-hydrogen) atoms. The van der Waals surface area contributed by atoms with Gasteiger partial charge >= 0.3 is 0 Å². The lowest BCUT2D eigenvalue weighted by molar-refractivity contribution is 1.18. The molecule has 0 atom stereocenters. The number of fused-ring (bicyclic) bond motifs is 9. The fourth-order valence-corrected chi connectivity index (χ4v) is 10.7. The SMILES string of the molecule is [B]c1c([B])c([B])c(-c2c([B])c([B])c([B])c(-c3ccc4sc5cccc(-n6c7ccccc7c7cc(-n8c9ccccc9c9c([B])c([B])c([B])c([B])c98)ccc76)c5c4c3)c2[B])c([B])c1[B]. The first-order valence-electron chi connectivity index (χ1n) is 20.1. The molecule has 0 bridgehead atoms. The van der Waals surface area contributed by atoms with Gasteiger partial charge in [0, 0.05) is 47.5 Å². The quantitative estimate of drug-likeness (QED) is 0.181. The van der Waals surface area contributed by atoms with Crippen molar-refractivity contribution in [3.05, 3.63) is 103 Å². The predicted octanol–water partition coefficient (Wildman–Crippen LogP) is -2.10. The Morgan fingerprint density at radius 3 is 1.58 bits per heavy atom. The number of aromatic nitrogens is 2. The number of para-hydroxylation sites is 2. The highest BCUT2D eigenvalue weighted by atomic mass is 32.1. The molecule has 3 heterocycles. The lowest BCUT2D eigenvalue weighted by Crippen LogP contribution is -2.57. The van der Waals surface area contributed by atoms with Gasteiger partial charge in [-0.25, -0.2) is 0 Å². The number of hydrogen-bond donors (Lipinski definition) is 0. The van der Waals surface area contributed by atoms with Crippen LogP contribution in [0.4, 0.5) is 0 Å². The standard InChI is InChI=1S/C48H17B13N2S/c49-35-30(36(50)41(55)38(52)33(35)34-39(53)43(57)45(59)44(58)40(34)54)18-12-15-28-23(16-18)31-27(10-5-11-29(31)64-28)63-24-8-3-1-6-20(24)22-17-19(13-14-26(22)63)62-25-9-4-2-7-21(25)32-37(51)42(56)46(60)47(61)48(32)62/h1-17H. The summed E-state index contributed by atoms with van der Waals surface area (Å²) in [6.45, 7) is 0. The summed E-state index contributed by atoms with van der Waals surface area (Å²) in [6, 6.07) is 35.2. The van der Waals surface area contributed by atoms with E-state index in [1.807, 2.05) is 42.5 Å². The zero-order chi connectivity index (χ0) is 44.8. The van der Waals surface area contributed by atoms with Crippen LogP contribution in [0.1, 0.15) is 0 Å². The number of nitrogens with zero attached hydrogens (tertiary/aromatic N) is 2. The van der Waals surface area contributed by atoms with E-state index in [0.29, 0.717) is 27.6 Å². The molecular weight excluding hydrogens is 777 g/mol. The second kappa shape index (κ2) is 14.7. The Kier molecular flexibility index (Phi) is 9.47. The van der Waals surface area contributed by atoms with Crippen molar-refractivity contribution < 1.29 is 0 Å². The van der Waals surface area contributed by atoms with Crippen LogP contribution in [0.3, 0.4) is 0 Å². The third-order valence-corrected chi connectivity index (χ3v) is 13.9. The van der Waals surface area contributed by atoms with Gasteiger partial charge in [-0.3, -0.25) is 0 Å². The first-order valence-corrected chi connectivity index (χ1v) is 20.9. The van der Waals surface area contributed by atoms with E-state index in [1.165, 1.54) is 0 Å². The third kappa shape index (κ3) is 5.57. The van der Waals surface area contributed by atoms with Crippen molar-refractivity contribution >= 4 is 248 Å². The molecule has 0 aliphatic carbocycles. The van der Waals surface area contributed by atoms with Crippen LogP contribution in [-0.2, 0) is 0 Å². The molecule has 11 rings (SSSR count). The minimum Gasteiger partial charge on any atom is -0.310 e. The topological polar surface area (TPSA) is 9.86 Å². The summed E-state index contributed by atoms with van der Waals surface area (Å²) in [5, 5.41) is 5.76. The van der Waals surface area contributed by atoms with Gasteiger partial charge < -0.3 is 9.13 Å². The molecule has 0 saturated carbocycles. The van der Waals surface area contributed by atoms with E-state index in [-0.39, 0.29) is 71.2 Å². The first-order chi connectivity index (χ1) is 30.7. The molecule has 0 saturated heterocycles. The molecule has 11 aromatic rings. The lowest BCUT2D eigenvalue weighted by Gasteiger charge is -2.28. The van der Waals surface area contributed by atoms with Gasteiger partial charge in [0.2, 0.25) is 0 Å². The minimum atomic E-state index is 0.0508. The van der Waals surface area contributed by atoms with E-state index in [4.69, 9.17) is 102 Å². The van der Waals surface area contributed by atoms with E-state index in [9.17, 15) is 0 Å². The van der Waals surface area contributed by atoms with Crippen molar-refractivity contribution in [2.75, 3.05) is 0 Å². The van der Waals surface area contributed by atoms with Crippen molar-refractivity contribution in [3.63, 3.8) is 0 Å². The van der Waals surface area contributed by atoms with Crippen LogP contribution < -0.4 is 71.0 Å². The predicted molar refractivity (Wildman–Crippen MR) is 289 cm³/mol. The van der Waals surface area contributed by atoms with Gasteiger partial charge in [-0.05, 0) is 82.2 Å². The zero-order valence-corrected chi connectivity index (χ0v) is 34.9. The number of benzene rings is 8. The van der Waals surface area contributed by atoms with Crippen LogP contribution in [0, 0.1) is 0 Å². The molecule has 0 amide bonds. The molecule has 8 aromatic carbocycles. The minimum absolute atomic E-state index is 0.0508. The summed E-state index contributed by atoms with van der Waals surface area (Å²) in [7, 11) is 85.1. The third-order valence-electron chi connectivity index (χ3n) is 12.8. The van der Waals surface area contributed by atoms with Gasteiger partial charge in [0.05, 0.1) is 22.2 Å². The molecule has 26 radical (unpaired) electrons. The summed E-state index contributed by atoms with van der Waals surface area (Å²) >= 11 is 1.68. The van der Waals surface area contributed by atoms with Gasteiger partial charge in [0.1, 0.15) is 102 Å². The number of thiophene rings is 1. The Labute approximate surface area is 391 Å². The lowest BCUT2D eigenvalue weighted by atomic mass is 9.56. The maximum atomic E-state index is 7.03. The fourth-order valence-electron chi connectivity index (χ4n) is 9.63. The van der Waals surface area contributed by atoms with Crippen LogP contribution in [0.25, 0.3) is 97.4 Å². The van der Waals surface area contributed by atoms with Crippen molar-refractivity contribution in [2.24, 2.45) is 0 Å². The normalized spacial score (nSPS) is 11.9. The molecule has 0 unspecified atom stereocenters. The van der Waals surface area contributed by atoms with Crippen molar-refractivity contribution in [1.29, 1.82) is 0 Å². The van der Waals surface area contributed by atoms with Gasteiger partial charge in [0.15, 0.2) is 0 Å². The van der Waals surface area contributed by atoms with Crippen molar-refractivity contribution in [2.45, 2.75) is 0 Å². The molecule has 0 aliphatic heterocycles. The average molecular weight is 794 g/mol.